The Labute approximate surface area is 116 Å². The quantitative estimate of drug-likeness (QED) is 0.866. The third-order valence-corrected chi connectivity index (χ3v) is 2.60. The molecule has 0 aliphatic rings. The Kier molecular flexibility index (Phi) is 4.36. The van der Waals surface area contributed by atoms with Crippen LogP contribution in [0.25, 0.3) is 0 Å². The van der Waals surface area contributed by atoms with Crippen LogP contribution in [0.1, 0.15) is 17.3 Å². The Morgan fingerprint density at radius 2 is 2.21 bits per heavy atom. The van der Waals surface area contributed by atoms with Gasteiger partial charge in [-0.1, -0.05) is 17.7 Å². The fourth-order valence-corrected chi connectivity index (χ4v) is 1.72. The van der Waals surface area contributed by atoms with E-state index in [2.05, 4.69) is 10.3 Å². The van der Waals surface area contributed by atoms with Crippen LogP contribution in [0.15, 0.2) is 42.6 Å². The zero-order valence-electron chi connectivity index (χ0n) is 10.4. The first-order chi connectivity index (χ1) is 9.19. The minimum absolute atomic E-state index is 0.342. The van der Waals surface area contributed by atoms with Crippen molar-refractivity contribution in [3.63, 3.8) is 0 Å². The highest BCUT2D eigenvalue weighted by atomic mass is 35.5. The smallest absolute Gasteiger partial charge is 0.338 e. The van der Waals surface area contributed by atoms with Crippen molar-refractivity contribution in [2.24, 2.45) is 0 Å². The number of hydrogen-bond acceptors (Lipinski definition) is 4. The molecule has 1 aromatic heterocycles. The molecule has 0 amide bonds. The molecule has 5 heteroatoms. The number of benzene rings is 1. The highest BCUT2D eigenvalue weighted by molar-refractivity contribution is 6.30. The van der Waals surface area contributed by atoms with Crippen molar-refractivity contribution in [3.05, 3.63) is 53.2 Å². The van der Waals surface area contributed by atoms with Crippen LogP contribution in [0.2, 0.25) is 5.02 Å². The summed E-state index contributed by atoms with van der Waals surface area (Å²) in [5, 5.41) is 3.68. The summed E-state index contributed by atoms with van der Waals surface area (Å²) in [5.41, 5.74) is 1.24. The SMILES string of the molecule is CCOC(=O)c1cccc(Nc2cc(Cl)ccn2)c1. The number of aromatic nitrogens is 1. The summed E-state index contributed by atoms with van der Waals surface area (Å²) in [5.74, 6) is 0.277. The molecule has 0 spiro atoms. The van der Waals surface area contributed by atoms with Gasteiger partial charge in [0, 0.05) is 16.9 Å². The Morgan fingerprint density at radius 3 is 2.95 bits per heavy atom. The normalized spacial score (nSPS) is 10.0. The molecule has 0 aliphatic heterocycles. The van der Waals surface area contributed by atoms with Gasteiger partial charge in [-0.3, -0.25) is 0 Å². The second kappa shape index (κ2) is 6.20. The van der Waals surface area contributed by atoms with Gasteiger partial charge in [0.05, 0.1) is 12.2 Å². The van der Waals surface area contributed by atoms with Crippen LogP contribution in [0.4, 0.5) is 11.5 Å². The summed E-state index contributed by atoms with van der Waals surface area (Å²) in [6, 6.07) is 10.4. The Hall–Kier alpha value is -2.07. The summed E-state index contributed by atoms with van der Waals surface area (Å²) >= 11 is 5.88. The van der Waals surface area contributed by atoms with E-state index >= 15 is 0 Å². The van der Waals surface area contributed by atoms with E-state index in [9.17, 15) is 4.79 Å². The van der Waals surface area contributed by atoms with E-state index in [0.29, 0.717) is 23.0 Å². The molecule has 1 N–H and O–H groups in total. The molecule has 0 radical (unpaired) electrons. The fraction of sp³-hybridized carbons (Fsp3) is 0.143. The molecule has 2 aromatic rings. The third kappa shape index (κ3) is 3.69. The minimum Gasteiger partial charge on any atom is -0.462 e. The summed E-state index contributed by atoms with van der Waals surface area (Å²) in [6.07, 6.45) is 1.61. The van der Waals surface area contributed by atoms with E-state index < -0.39 is 0 Å². The lowest BCUT2D eigenvalue weighted by molar-refractivity contribution is 0.0526. The highest BCUT2D eigenvalue weighted by Gasteiger charge is 2.07. The number of halogens is 1. The van der Waals surface area contributed by atoms with Crippen molar-refractivity contribution in [2.45, 2.75) is 6.92 Å². The summed E-state index contributed by atoms with van der Waals surface area (Å²) in [7, 11) is 0. The number of rotatable bonds is 4. The first-order valence-corrected chi connectivity index (χ1v) is 6.22. The molecule has 19 heavy (non-hydrogen) atoms. The van der Waals surface area contributed by atoms with E-state index in [-0.39, 0.29) is 5.97 Å². The number of ether oxygens (including phenoxy) is 1. The zero-order valence-corrected chi connectivity index (χ0v) is 11.1. The predicted octanol–water partition coefficient (Wildman–Crippen LogP) is 3.66. The van der Waals surface area contributed by atoms with E-state index in [1.165, 1.54) is 0 Å². The molecular weight excluding hydrogens is 264 g/mol. The van der Waals surface area contributed by atoms with Crippen LogP contribution in [0, 0.1) is 0 Å². The van der Waals surface area contributed by atoms with Gasteiger partial charge in [-0.25, -0.2) is 9.78 Å². The summed E-state index contributed by atoms with van der Waals surface area (Å²) < 4.78 is 4.95. The van der Waals surface area contributed by atoms with Crippen LogP contribution >= 0.6 is 11.6 Å². The van der Waals surface area contributed by atoms with Crippen molar-refractivity contribution in [1.29, 1.82) is 0 Å². The van der Waals surface area contributed by atoms with E-state index in [1.807, 2.05) is 6.07 Å². The van der Waals surface area contributed by atoms with Gasteiger partial charge in [0.25, 0.3) is 0 Å². The second-order valence-corrected chi connectivity index (χ2v) is 4.22. The summed E-state index contributed by atoms with van der Waals surface area (Å²) in [6.45, 7) is 2.13. The monoisotopic (exact) mass is 276 g/mol. The fourth-order valence-electron chi connectivity index (χ4n) is 1.56. The van der Waals surface area contributed by atoms with Crippen molar-refractivity contribution < 1.29 is 9.53 Å². The highest BCUT2D eigenvalue weighted by Crippen LogP contribution is 2.19. The molecule has 0 fully saturated rings. The molecule has 0 atom stereocenters. The largest absolute Gasteiger partial charge is 0.462 e. The average Bonchev–Trinajstić information content (AvgIpc) is 2.39. The molecule has 2 rings (SSSR count). The Morgan fingerprint density at radius 1 is 1.37 bits per heavy atom. The molecule has 0 aliphatic carbocycles. The maximum Gasteiger partial charge on any atom is 0.338 e. The number of hydrogen-bond donors (Lipinski definition) is 1. The number of pyridine rings is 1. The molecule has 0 saturated heterocycles. The average molecular weight is 277 g/mol. The van der Waals surface area contributed by atoms with Gasteiger partial charge in [0.1, 0.15) is 5.82 Å². The Bertz CT molecular complexity index is 587. The molecule has 4 nitrogen and oxygen atoms in total. The van der Waals surface area contributed by atoms with Crippen LogP contribution in [-0.2, 0) is 4.74 Å². The maximum atomic E-state index is 11.6. The van der Waals surface area contributed by atoms with E-state index in [0.717, 1.165) is 5.69 Å². The topological polar surface area (TPSA) is 51.2 Å². The number of carbonyl (C=O) groups is 1. The number of carbonyl (C=O) groups excluding carboxylic acids is 1. The number of nitrogens with one attached hydrogen (secondary N) is 1. The summed E-state index contributed by atoms with van der Waals surface area (Å²) in [4.78, 5) is 15.8. The number of anilines is 2. The van der Waals surface area contributed by atoms with Gasteiger partial charge in [-0.2, -0.15) is 0 Å². The van der Waals surface area contributed by atoms with E-state index in [1.54, 1.807) is 43.5 Å². The van der Waals surface area contributed by atoms with Crippen LogP contribution in [0.5, 0.6) is 0 Å². The third-order valence-electron chi connectivity index (χ3n) is 2.37. The lowest BCUT2D eigenvalue weighted by Gasteiger charge is -2.07. The lowest BCUT2D eigenvalue weighted by Crippen LogP contribution is -2.05. The molecule has 98 valence electrons. The molecule has 0 saturated carbocycles. The molecule has 0 bridgehead atoms. The first-order valence-electron chi connectivity index (χ1n) is 5.85. The van der Waals surface area contributed by atoms with Crippen molar-refractivity contribution in [1.82, 2.24) is 4.98 Å². The Balaban J connectivity index is 2.17. The lowest BCUT2D eigenvalue weighted by atomic mass is 10.2. The zero-order chi connectivity index (χ0) is 13.7. The standard InChI is InChI=1S/C14H13ClN2O2/c1-2-19-14(18)10-4-3-5-12(8-10)17-13-9-11(15)6-7-16-13/h3-9H,2H2,1H3,(H,16,17). The van der Waals surface area contributed by atoms with Gasteiger partial charge in [-0.15, -0.1) is 0 Å². The molecule has 1 aromatic carbocycles. The maximum absolute atomic E-state index is 11.6. The molecular formula is C14H13ClN2O2. The number of nitrogens with zero attached hydrogens (tertiary/aromatic N) is 1. The number of esters is 1. The molecule has 1 heterocycles. The minimum atomic E-state index is -0.342. The van der Waals surface area contributed by atoms with Gasteiger partial charge >= 0.3 is 5.97 Å². The predicted molar refractivity (Wildman–Crippen MR) is 74.9 cm³/mol. The van der Waals surface area contributed by atoms with Gasteiger partial charge < -0.3 is 10.1 Å². The van der Waals surface area contributed by atoms with Crippen molar-refractivity contribution in [2.75, 3.05) is 11.9 Å². The second-order valence-electron chi connectivity index (χ2n) is 3.79. The van der Waals surface area contributed by atoms with Gasteiger partial charge in [0.2, 0.25) is 0 Å². The molecule has 0 unspecified atom stereocenters. The van der Waals surface area contributed by atoms with Crippen molar-refractivity contribution >= 4 is 29.1 Å². The van der Waals surface area contributed by atoms with Gasteiger partial charge in [0.15, 0.2) is 0 Å². The van der Waals surface area contributed by atoms with Crippen LogP contribution in [-0.4, -0.2) is 17.6 Å². The van der Waals surface area contributed by atoms with Crippen molar-refractivity contribution in [3.8, 4) is 0 Å². The van der Waals surface area contributed by atoms with Crippen LogP contribution < -0.4 is 5.32 Å². The first kappa shape index (κ1) is 13.4. The van der Waals surface area contributed by atoms with Gasteiger partial charge in [-0.05, 0) is 37.3 Å². The van der Waals surface area contributed by atoms with E-state index in [4.69, 9.17) is 16.3 Å². The van der Waals surface area contributed by atoms with Crippen LogP contribution in [0.3, 0.4) is 0 Å².